The second kappa shape index (κ2) is 7.33. The molecule has 4 N–H and O–H groups in total. The van der Waals surface area contributed by atoms with Crippen LogP contribution in [0.15, 0.2) is 36.7 Å². The van der Waals surface area contributed by atoms with Gasteiger partial charge < -0.3 is 16.4 Å². The van der Waals surface area contributed by atoms with Gasteiger partial charge in [-0.25, -0.2) is 9.97 Å². The van der Waals surface area contributed by atoms with Crippen LogP contribution in [0.2, 0.25) is 0 Å². The Kier molecular flexibility index (Phi) is 5.17. The Labute approximate surface area is 119 Å². The van der Waals surface area contributed by atoms with Crippen LogP contribution < -0.4 is 16.4 Å². The smallest absolute Gasteiger partial charge is 0.154 e. The summed E-state index contributed by atoms with van der Waals surface area (Å²) in [6, 6.07) is 10.3. The molecule has 0 radical (unpaired) electrons. The van der Waals surface area contributed by atoms with Gasteiger partial charge in [-0.1, -0.05) is 37.3 Å². The van der Waals surface area contributed by atoms with Crippen LogP contribution in [0.1, 0.15) is 18.9 Å². The maximum absolute atomic E-state index is 6.05. The van der Waals surface area contributed by atoms with E-state index >= 15 is 0 Å². The molecule has 0 aliphatic carbocycles. The summed E-state index contributed by atoms with van der Waals surface area (Å²) in [6.45, 7) is 3.74. The first-order valence-electron chi connectivity index (χ1n) is 6.93. The summed E-state index contributed by atoms with van der Waals surface area (Å²) in [7, 11) is 0. The number of nitrogens with zero attached hydrogens (tertiary/aromatic N) is 2. The standard InChI is InChI=1S/C15H21N5/c1-2-9-17-14-13(16)15(20-11-19-14)18-10-8-12-6-4-3-5-7-12/h3-7,11H,2,8-10,16H2,1H3,(H2,17,18,19,20). The Balaban J connectivity index is 1.92. The van der Waals surface area contributed by atoms with Crippen molar-refractivity contribution in [1.82, 2.24) is 9.97 Å². The van der Waals surface area contributed by atoms with Crippen molar-refractivity contribution in [3.8, 4) is 0 Å². The number of nitrogen functional groups attached to an aromatic ring is 1. The second-order valence-corrected chi connectivity index (χ2v) is 4.57. The minimum absolute atomic E-state index is 0.578. The van der Waals surface area contributed by atoms with Gasteiger partial charge in [-0.05, 0) is 18.4 Å². The number of anilines is 3. The van der Waals surface area contributed by atoms with Crippen LogP contribution >= 0.6 is 0 Å². The molecule has 106 valence electrons. The molecule has 0 spiro atoms. The zero-order valence-corrected chi connectivity index (χ0v) is 11.8. The average molecular weight is 271 g/mol. The summed E-state index contributed by atoms with van der Waals surface area (Å²) in [4.78, 5) is 8.35. The van der Waals surface area contributed by atoms with Crippen LogP contribution in [0.5, 0.6) is 0 Å². The van der Waals surface area contributed by atoms with Crippen LogP contribution in [0.3, 0.4) is 0 Å². The summed E-state index contributed by atoms with van der Waals surface area (Å²) in [5.41, 5.74) is 7.92. The summed E-state index contributed by atoms with van der Waals surface area (Å²) >= 11 is 0. The lowest BCUT2D eigenvalue weighted by atomic mass is 10.1. The van der Waals surface area contributed by atoms with Crippen LogP contribution in [0.4, 0.5) is 17.3 Å². The molecule has 5 heteroatoms. The molecule has 20 heavy (non-hydrogen) atoms. The predicted octanol–water partition coefficient (Wildman–Crippen LogP) is 2.54. The maximum Gasteiger partial charge on any atom is 0.154 e. The minimum Gasteiger partial charge on any atom is -0.393 e. The van der Waals surface area contributed by atoms with Gasteiger partial charge in [0.05, 0.1) is 0 Å². The second-order valence-electron chi connectivity index (χ2n) is 4.57. The highest BCUT2D eigenvalue weighted by Gasteiger charge is 2.06. The molecule has 0 fully saturated rings. The Morgan fingerprint density at radius 3 is 2.30 bits per heavy atom. The third-order valence-corrected chi connectivity index (χ3v) is 2.98. The van der Waals surface area contributed by atoms with Crippen molar-refractivity contribution < 1.29 is 0 Å². The Hall–Kier alpha value is -2.30. The van der Waals surface area contributed by atoms with E-state index in [4.69, 9.17) is 5.73 Å². The highest BCUT2D eigenvalue weighted by molar-refractivity contribution is 5.73. The van der Waals surface area contributed by atoms with E-state index in [-0.39, 0.29) is 0 Å². The third-order valence-electron chi connectivity index (χ3n) is 2.98. The summed E-state index contributed by atoms with van der Waals surface area (Å²) in [5.74, 6) is 1.39. The van der Waals surface area contributed by atoms with Crippen molar-refractivity contribution >= 4 is 17.3 Å². The largest absolute Gasteiger partial charge is 0.393 e. The SMILES string of the molecule is CCCNc1ncnc(NCCc2ccccc2)c1N. The molecule has 0 unspecified atom stereocenters. The monoisotopic (exact) mass is 271 g/mol. The number of hydrogen-bond acceptors (Lipinski definition) is 5. The molecule has 0 aliphatic heterocycles. The van der Waals surface area contributed by atoms with Crippen molar-refractivity contribution in [3.05, 3.63) is 42.2 Å². The van der Waals surface area contributed by atoms with Crippen molar-refractivity contribution in [1.29, 1.82) is 0 Å². The van der Waals surface area contributed by atoms with E-state index in [9.17, 15) is 0 Å². The molecule has 0 amide bonds. The normalized spacial score (nSPS) is 10.2. The lowest BCUT2D eigenvalue weighted by Gasteiger charge is -2.12. The first kappa shape index (κ1) is 14.1. The Morgan fingerprint density at radius 1 is 1.00 bits per heavy atom. The van der Waals surface area contributed by atoms with Gasteiger partial charge in [0.1, 0.15) is 12.0 Å². The zero-order valence-electron chi connectivity index (χ0n) is 11.8. The van der Waals surface area contributed by atoms with E-state index in [0.717, 1.165) is 25.9 Å². The van der Waals surface area contributed by atoms with Gasteiger partial charge in [0, 0.05) is 13.1 Å². The first-order chi connectivity index (χ1) is 9.81. The number of hydrogen-bond donors (Lipinski definition) is 3. The highest BCUT2D eigenvalue weighted by Crippen LogP contribution is 2.22. The van der Waals surface area contributed by atoms with Gasteiger partial charge in [0.2, 0.25) is 0 Å². The Morgan fingerprint density at radius 2 is 1.65 bits per heavy atom. The molecule has 1 aromatic carbocycles. The molecule has 1 heterocycles. The molecule has 2 rings (SSSR count). The molecule has 0 bridgehead atoms. The van der Waals surface area contributed by atoms with Crippen molar-refractivity contribution in [2.75, 3.05) is 29.5 Å². The fourth-order valence-corrected chi connectivity index (χ4v) is 1.89. The molecule has 0 saturated heterocycles. The van der Waals surface area contributed by atoms with Crippen molar-refractivity contribution in [2.24, 2.45) is 0 Å². The van der Waals surface area contributed by atoms with E-state index in [0.29, 0.717) is 17.3 Å². The highest BCUT2D eigenvalue weighted by atomic mass is 15.1. The lowest BCUT2D eigenvalue weighted by Crippen LogP contribution is -2.12. The predicted molar refractivity (Wildman–Crippen MR) is 83.9 cm³/mol. The zero-order chi connectivity index (χ0) is 14.2. The molecular formula is C15H21N5. The molecule has 2 aromatic rings. The number of benzene rings is 1. The van der Waals surface area contributed by atoms with Gasteiger partial charge in [-0.3, -0.25) is 0 Å². The number of rotatable bonds is 7. The van der Waals surface area contributed by atoms with Crippen LogP contribution in [0.25, 0.3) is 0 Å². The van der Waals surface area contributed by atoms with E-state index in [1.807, 2.05) is 18.2 Å². The summed E-state index contributed by atoms with van der Waals surface area (Å²) in [6.07, 6.45) is 3.49. The number of nitrogens with one attached hydrogen (secondary N) is 2. The van der Waals surface area contributed by atoms with Gasteiger partial charge in [-0.2, -0.15) is 0 Å². The van der Waals surface area contributed by atoms with Gasteiger partial charge in [-0.15, -0.1) is 0 Å². The fraction of sp³-hybridized carbons (Fsp3) is 0.333. The van der Waals surface area contributed by atoms with Crippen LogP contribution in [-0.2, 0) is 6.42 Å². The van der Waals surface area contributed by atoms with Crippen molar-refractivity contribution in [3.63, 3.8) is 0 Å². The molecule has 0 aliphatic rings. The van der Waals surface area contributed by atoms with Crippen LogP contribution in [-0.4, -0.2) is 23.1 Å². The fourth-order valence-electron chi connectivity index (χ4n) is 1.89. The Bertz CT molecular complexity index is 527. The van der Waals surface area contributed by atoms with E-state index in [1.54, 1.807) is 0 Å². The van der Waals surface area contributed by atoms with E-state index in [1.165, 1.54) is 11.9 Å². The topological polar surface area (TPSA) is 75.9 Å². The minimum atomic E-state index is 0.578. The van der Waals surface area contributed by atoms with Gasteiger partial charge >= 0.3 is 0 Å². The van der Waals surface area contributed by atoms with Crippen molar-refractivity contribution in [2.45, 2.75) is 19.8 Å². The lowest BCUT2D eigenvalue weighted by molar-refractivity contribution is 0.962. The van der Waals surface area contributed by atoms with Gasteiger partial charge in [0.25, 0.3) is 0 Å². The molecule has 1 aromatic heterocycles. The average Bonchev–Trinajstić information content (AvgIpc) is 2.49. The van der Waals surface area contributed by atoms with Gasteiger partial charge in [0.15, 0.2) is 11.6 Å². The summed E-state index contributed by atoms with van der Waals surface area (Å²) < 4.78 is 0. The molecule has 5 nitrogen and oxygen atoms in total. The quantitative estimate of drug-likeness (QED) is 0.721. The molecule has 0 saturated carbocycles. The summed E-state index contributed by atoms with van der Waals surface area (Å²) in [5, 5.41) is 6.46. The molecule has 0 atom stereocenters. The number of aromatic nitrogens is 2. The maximum atomic E-state index is 6.05. The third kappa shape index (κ3) is 3.85. The van der Waals surface area contributed by atoms with E-state index in [2.05, 4.69) is 39.7 Å². The van der Waals surface area contributed by atoms with Crippen LogP contribution in [0, 0.1) is 0 Å². The first-order valence-corrected chi connectivity index (χ1v) is 6.93. The molecular weight excluding hydrogens is 250 g/mol. The van der Waals surface area contributed by atoms with E-state index < -0.39 is 0 Å². The number of nitrogens with two attached hydrogens (primary N) is 1.